The Bertz CT molecular complexity index is 1080. The van der Waals surface area contributed by atoms with Gasteiger partial charge in [-0.1, -0.05) is 0 Å². The molecule has 2 aliphatic rings. The number of piperazine rings is 1. The zero-order valence-electron chi connectivity index (χ0n) is 18.9. The highest BCUT2D eigenvalue weighted by Gasteiger charge is 2.29. The number of anilines is 2. The van der Waals surface area contributed by atoms with Gasteiger partial charge in [0.05, 0.1) is 24.4 Å². The van der Waals surface area contributed by atoms with Crippen molar-refractivity contribution >= 4 is 39.7 Å². The number of nitrogens with one attached hydrogen (secondary N) is 1. The number of fused-ring (bicyclic) bond motifs is 1. The van der Waals surface area contributed by atoms with Crippen LogP contribution in [0.25, 0.3) is 0 Å². The number of Topliss-reactive ketones (excluding diaryl/α,β-unsaturated/α-hetero) is 1. The number of aryl methyl sites for hydroxylation is 1. The fourth-order valence-electron chi connectivity index (χ4n) is 4.41. The summed E-state index contributed by atoms with van der Waals surface area (Å²) in [6, 6.07) is 4.55. The van der Waals surface area contributed by atoms with Gasteiger partial charge in [-0.25, -0.2) is 9.18 Å². The smallest absolute Gasteiger partial charge is 0.341 e. The molecule has 0 radical (unpaired) electrons. The molecule has 176 valence electrons. The molecule has 9 heteroatoms. The van der Waals surface area contributed by atoms with E-state index >= 15 is 0 Å². The van der Waals surface area contributed by atoms with E-state index in [0.29, 0.717) is 54.6 Å². The van der Waals surface area contributed by atoms with Gasteiger partial charge >= 0.3 is 5.97 Å². The highest BCUT2D eigenvalue weighted by molar-refractivity contribution is 7.17. The second-order valence-corrected chi connectivity index (χ2v) is 9.42. The number of carbonyl (C=O) groups is 3. The number of thiophene rings is 1. The van der Waals surface area contributed by atoms with E-state index in [2.05, 4.69) is 5.32 Å². The first-order chi connectivity index (χ1) is 15.9. The fourth-order valence-corrected chi connectivity index (χ4v) is 5.70. The molecule has 1 aromatic carbocycles. The average molecular weight is 474 g/mol. The van der Waals surface area contributed by atoms with E-state index in [-0.39, 0.29) is 24.2 Å². The monoisotopic (exact) mass is 473 g/mol. The molecule has 0 atom stereocenters. The van der Waals surface area contributed by atoms with Crippen molar-refractivity contribution in [2.75, 3.05) is 49.5 Å². The van der Waals surface area contributed by atoms with Crippen LogP contribution in [0.2, 0.25) is 0 Å². The number of amides is 1. The van der Waals surface area contributed by atoms with E-state index in [9.17, 15) is 18.8 Å². The molecule has 0 bridgehead atoms. The number of rotatable bonds is 7. The van der Waals surface area contributed by atoms with E-state index in [1.165, 1.54) is 24.3 Å². The van der Waals surface area contributed by atoms with Gasteiger partial charge in [-0.3, -0.25) is 14.5 Å². The molecule has 4 rings (SSSR count). The summed E-state index contributed by atoms with van der Waals surface area (Å²) in [6.45, 7) is 6.03. The van der Waals surface area contributed by atoms with E-state index < -0.39 is 5.82 Å². The number of halogens is 1. The fraction of sp³-hybridized carbons (Fsp3) is 0.458. The van der Waals surface area contributed by atoms with Gasteiger partial charge < -0.3 is 15.0 Å². The molecular formula is C24H28FN3O4S. The van der Waals surface area contributed by atoms with E-state index in [1.807, 2.05) is 9.80 Å². The van der Waals surface area contributed by atoms with Gasteiger partial charge in [-0.05, 0) is 56.9 Å². The molecule has 1 fully saturated rings. The average Bonchev–Trinajstić information content (AvgIpc) is 3.35. The molecule has 2 aromatic rings. The van der Waals surface area contributed by atoms with Gasteiger partial charge in [0.2, 0.25) is 5.91 Å². The third-order valence-corrected chi connectivity index (χ3v) is 7.30. The molecule has 7 nitrogen and oxygen atoms in total. The van der Waals surface area contributed by atoms with E-state index in [4.69, 9.17) is 4.74 Å². The summed E-state index contributed by atoms with van der Waals surface area (Å²) in [6.07, 6.45) is 2.78. The minimum atomic E-state index is -0.411. The molecule has 1 aliphatic carbocycles. The third kappa shape index (κ3) is 5.09. The summed E-state index contributed by atoms with van der Waals surface area (Å²) in [4.78, 5) is 41.8. The Balaban J connectivity index is 1.35. The van der Waals surface area contributed by atoms with Crippen LogP contribution in [0.1, 0.15) is 51.4 Å². The van der Waals surface area contributed by atoms with Crippen molar-refractivity contribution in [3.63, 3.8) is 0 Å². The van der Waals surface area contributed by atoms with Crippen LogP contribution >= 0.6 is 11.3 Å². The zero-order chi connectivity index (χ0) is 23.5. The minimum Gasteiger partial charge on any atom is -0.462 e. The molecule has 0 unspecified atom stereocenters. The highest BCUT2D eigenvalue weighted by atomic mass is 32.1. The number of ether oxygens (including phenoxy) is 1. The van der Waals surface area contributed by atoms with Crippen LogP contribution in [-0.4, -0.2) is 61.9 Å². The summed E-state index contributed by atoms with van der Waals surface area (Å²) in [7, 11) is 0. The Morgan fingerprint density at radius 1 is 1.15 bits per heavy atom. The molecule has 1 amide bonds. The Labute approximate surface area is 196 Å². The second kappa shape index (κ2) is 10.0. The molecule has 1 saturated heterocycles. The van der Waals surface area contributed by atoms with Crippen LogP contribution in [0.15, 0.2) is 18.2 Å². The van der Waals surface area contributed by atoms with Crippen LogP contribution in [0.4, 0.5) is 15.1 Å². The summed E-state index contributed by atoms with van der Waals surface area (Å²) in [5.74, 6) is -1.13. The maximum absolute atomic E-state index is 14.5. The van der Waals surface area contributed by atoms with Gasteiger partial charge in [-0.15, -0.1) is 11.3 Å². The van der Waals surface area contributed by atoms with Crippen LogP contribution in [0.5, 0.6) is 0 Å². The van der Waals surface area contributed by atoms with Gasteiger partial charge in [0.1, 0.15) is 10.8 Å². The SMILES string of the molecule is CCOC(=O)c1c(NC(=O)CN2CCN(c3ccc(C(C)=O)cc3F)CC2)sc2c1CCC2. The quantitative estimate of drug-likeness (QED) is 0.490. The maximum atomic E-state index is 14.5. The molecule has 1 aliphatic heterocycles. The Morgan fingerprint density at radius 2 is 1.91 bits per heavy atom. The molecular weight excluding hydrogens is 445 g/mol. The van der Waals surface area contributed by atoms with Crippen LogP contribution < -0.4 is 10.2 Å². The van der Waals surface area contributed by atoms with Gasteiger partial charge in [0, 0.05) is 36.6 Å². The first-order valence-electron chi connectivity index (χ1n) is 11.3. The number of benzene rings is 1. The summed E-state index contributed by atoms with van der Waals surface area (Å²) in [5, 5.41) is 3.51. The number of hydrogen-bond donors (Lipinski definition) is 1. The van der Waals surface area contributed by atoms with Crippen molar-refractivity contribution in [2.45, 2.75) is 33.1 Å². The topological polar surface area (TPSA) is 79.0 Å². The van der Waals surface area contributed by atoms with E-state index in [1.54, 1.807) is 19.1 Å². The minimum absolute atomic E-state index is 0.168. The highest BCUT2D eigenvalue weighted by Crippen LogP contribution is 2.39. The lowest BCUT2D eigenvalue weighted by Crippen LogP contribution is -2.49. The van der Waals surface area contributed by atoms with E-state index in [0.717, 1.165) is 29.7 Å². The first kappa shape index (κ1) is 23.4. The normalized spacial score (nSPS) is 15.9. The number of nitrogens with zero attached hydrogens (tertiary/aromatic N) is 2. The molecule has 33 heavy (non-hydrogen) atoms. The molecule has 1 aromatic heterocycles. The second-order valence-electron chi connectivity index (χ2n) is 8.32. The number of carbonyl (C=O) groups excluding carboxylic acids is 3. The number of esters is 1. The Kier molecular flexibility index (Phi) is 7.09. The largest absolute Gasteiger partial charge is 0.462 e. The van der Waals surface area contributed by atoms with Crippen LogP contribution in [0.3, 0.4) is 0 Å². The molecule has 0 spiro atoms. The van der Waals surface area contributed by atoms with Gasteiger partial charge in [-0.2, -0.15) is 0 Å². The first-order valence-corrected chi connectivity index (χ1v) is 12.1. The Hall–Kier alpha value is -2.78. The predicted octanol–water partition coefficient (Wildman–Crippen LogP) is 3.52. The Morgan fingerprint density at radius 3 is 2.58 bits per heavy atom. The number of hydrogen-bond acceptors (Lipinski definition) is 7. The van der Waals surface area contributed by atoms with Gasteiger partial charge in [0.15, 0.2) is 5.78 Å². The lowest BCUT2D eigenvalue weighted by molar-refractivity contribution is -0.117. The van der Waals surface area contributed by atoms with Crippen molar-refractivity contribution in [3.8, 4) is 0 Å². The van der Waals surface area contributed by atoms with Crippen LogP contribution in [0, 0.1) is 5.82 Å². The maximum Gasteiger partial charge on any atom is 0.341 e. The lowest BCUT2D eigenvalue weighted by Gasteiger charge is -2.35. The molecule has 0 saturated carbocycles. The summed E-state index contributed by atoms with van der Waals surface area (Å²) in [5.41, 5.74) is 2.35. The zero-order valence-corrected chi connectivity index (χ0v) is 19.7. The third-order valence-electron chi connectivity index (χ3n) is 6.09. The predicted molar refractivity (Wildman–Crippen MR) is 126 cm³/mol. The van der Waals surface area contributed by atoms with Crippen molar-refractivity contribution in [2.24, 2.45) is 0 Å². The standard InChI is InChI=1S/C24H28FN3O4S/c1-3-32-24(31)22-17-5-4-6-20(17)33-23(22)26-21(30)14-27-9-11-28(12-10-27)19-8-7-16(15(2)29)13-18(19)25/h7-8,13H,3-6,9-12,14H2,1-2H3,(H,26,30). The summed E-state index contributed by atoms with van der Waals surface area (Å²) < 4.78 is 19.7. The van der Waals surface area contributed by atoms with Crippen molar-refractivity contribution in [3.05, 3.63) is 45.6 Å². The van der Waals surface area contributed by atoms with Crippen molar-refractivity contribution in [1.82, 2.24) is 4.90 Å². The van der Waals surface area contributed by atoms with Crippen molar-refractivity contribution in [1.29, 1.82) is 0 Å². The van der Waals surface area contributed by atoms with Crippen LogP contribution in [-0.2, 0) is 22.4 Å². The molecule has 1 N–H and O–H groups in total. The van der Waals surface area contributed by atoms with Gasteiger partial charge in [0.25, 0.3) is 0 Å². The van der Waals surface area contributed by atoms with Crippen molar-refractivity contribution < 1.29 is 23.5 Å². The number of ketones is 1. The lowest BCUT2D eigenvalue weighted by atomic mass is 10.1. The molecule has 2 heterocycles. The summed E-state index contributed by atoms with van der Waals surface area (Å²) >= 11 is 1.47.